The van der Waals surface area contributed by atoms with Gasteiger partial charge in [-0.3, -0.25) is 0 Å². The van der Waals surface area contributed by atoms with Gasteiger partial charge in [0, 0.05) is 18.7 Å². The third-order valence-corrected chi connectivity index (χ3v) is 1.69. The van der Waals surface area contributed by atoms with Crippen LogP contribution in [0, 0.1) is 6.20 Å². The van der Waals surface area contributed by atoms with Gasteiger partial charge in [0.2, 0.25) is 0 Å². The number of aromatic nitrogens is 1. The minimum absolute atomic E-state index is 0. The summed E-state index contributed by atoms with van der Waals surface area (Å²) in [5.74, 6) is 0.107. The number of anilines is 1. The van der Waals surface area contributed by atoms with Crippen molar-refractivity contribution in [3.05, 3.63) is 24.0 Å². The Bertz CT molecular complexity index is 301. The summed E-state index contributed by atoms with van der Waals surface area (Å²) in [6, 6.07) is 3.52. The molecule has 2 rings (SSSR count). The van der Waals surface area contributed by atoms with Crippen molar-refractivity contribution in [1.29, 1.82) is 0 Å². The molecule has 0 radical (unpaired) electrons. The van der Waals surface area contributed by atoms with Gasteiger partial charge in [-0.25, -0.2) is 0 Å². The van der Waals surface area contributed by atoms with Gasteiger partial charge >= 0.3 is 32.7 Å². The number of ketones is 1. The fraction of sp³-hybridized carbons (Fsp3) is 0.250. The third kappa shape index (κ3) is 1.72. The van der Waals surface area contributed by atoms with Crippen LogP contribution in [0.3, 0.4) is 0 Å². The fourth-order valence-electron chi connectivity index (χ4n) is 1.15. The number of carbonyl (C=O) groups is 1. The summed E-state index contributed by atoms with van der Waals surface area (Å²) >= 11 is 0. The molecule has 1 aliphatic rings. The van der Waals surface area contributed by atoms with E-state index < -0.39 is 0 Å². The average Bonchev–Trinajstić information content (AvgIpc) is 2.06. The zero-order chi connectivity index (χ0) is 7.68. The minimum Gasteiger partial charge on any atom is -0.404 e. The van der Waals surface area contributed by atoms with E-state index in [2.05, 4.69) is 16.5 Å². The summed E-state index contributed by atoms with van der Waals surface area (Å²) in [5, 5.41) is 3.09. The number of Topliss-reactive ketones (excluding diaryl/α,β-unsaturated/α-hetero) is 1. The van der Waals surface area contributed by atoms with Gasteiger partial charge < -0.3 is 15.1 Å². The van der Waals surface area contributed by atoms with Crippen molar-refractivity contribution < 1.29 is 37.5 Å². The molecule has 1 N–H and O–H groups in total. The van der Waals surface area contributed by atoms with E-state index in [4.69, 9.17) is 0 Å². The summed E-state index contributed by atoms with van der Waals surface area (Å²) in [6.45, 7) is 0.720. The first-order valence-corrected chi connectivity index (χ1v) is 3.52. The second-order valence-electron chi connectivity index (χ2n) is 2.44. The fourth-order valence-corrected chi connectivity index (χ4v) is 1.15. The first kappa shape index (κ1) is 9.81. The molecule has 3 nitrogen and oxygen atoms in total. The molecular weight excluding hydrogens is 229 g/mol. The van der Waals surface area contributed by atoms with Crippen LogP contribution in [0.25, 0.3) is 0 Å². The van der Waals surface area contributed by atoms with E-state index >= 15 is 0 Å². The van der Waals surface area contributed by atoms with Crippen molar-refractivity contribution >= 4 is 11.5 Å². The predicted molar refractivity (Wildman–Crippen MR) is 40.5 cm³/mol. The molecule has 0 aromatic carbocycles. The second-order valence-corrected chi connectivity index (χ2v) is 2.44. The van der Waals surface area contributed by atoms with E-state index in [1.54, 1.807) is 6.07 Å². The smallest absolute Gasteiger partial charge is 0.404 e. The minimum atomic E-state index is 0. The number of rotatable bonds is 0. The van der Waals surface area contributed by atoms with Crippen LogP contribution in [0.2, 0.25) is 0 Å². The van der Waals surface area contributed by atoms with Crippen LogP contribution < -0.4 is 5.32 Å². The van der Waals surface area contributed by atoms with Gasteiger partial charge in [-0.15, -0.1) is 6.07 Å². The van der Waals surface area contributed by atoms with E-state index in [1.165, 1.54) is 0 Å². The quantitative estimate of drug-likeness (QED) is 0.680. The maximum atomic E-state index is 11.2. The molecule has 2 heterocycles. The SMILES string of the molecule is O=C1CCNc2cc[c-]nc21.[Y+3]. The van der Waals surface area contributed by atoms with Crippen LogP contribution in [0.4, 0.5) is 5.69 Å². The van der Waals surface area contributed by atoms with Crippen molar-refractivity contribution in [3.8, 4) is 0 Å². The number of carbonyl (C=O) groups excluding carboxylic acids is 1. The molecule has 0 unspecified atom stereocenters. The van der Waals surface area contributed by atoms with Gasteiger partial charge in [0.1, 0.15) is 5.78 Å². The predicted octanol–water partition coefficient (Wildman–Crippen LogP) is 0.878. The molecule has 4 heteroatoms. The topological polar surface area (TPSA) is 42.0 Å². The molecule has 56 valence electrons. The Hall–Kier alpha value is -0.276. The first-order valence-electron chi connectivity index (χ1n) is 3.52. The molecule has 1 aromatic rings. The van der Waals surface area contributed by atoms with Crippen molar-refractivity contribution in [1.82, 2.24) is 4.98 Å². The number of hydrogen-bond acceptors (Lipinski definition) is 3. The van der Waals surface area contributed by atoms with Crippen LogP contribution in [0.5, 0.6) is 0 Å². The van der Waals surface area contributed by atoms with Crippen molar-refractivity contribution in [2.75, 3.05) is 11.9 Å². The van der Waals surface area contributed by atoms with Gasteiger partial charge in [0.15, 0.2) is 0 Å². The Morgan fingerprint density at radius 1 is 1.58 bits per heavy atom. The normalized spacial score (nSPS) is 14.2. The van der Waals surface area contributed by atoms with E-state index in [-0.39, 0.29) is 38.5 Å². The third-order valence-electron chi connectivity index (χ3n) is 1.69. The Morgan fingerprint density at radius 2 is 2.42 bits per heavy atom. The summed E-state index contributed by atoms with van der Waals surface area (Å²) in [7, 11) is 0. The van der Waals surface area contributed by atoms with Crippen LogP contribution in [0.1, 0.15) is 16.9 Å². The molecule has 0 bridgehead atoms. The summed E-state index contributed by atoms with van der Waals surface area (Å²) in [6.07, 6.45) is 3.18. The Morgan fingerprint density at radius 3 is 3.17 bits per heavy atom. The Labute approximate surface area is 95.8 Å². The molecule has 0 saturated heterocycles. The molecule has 0 atom stereocenters. The zero-order valence-electron chi connectivity index (χ0n) is 6.50. The molecule has 12 heavy (non-hydrogen) atoms. The maximum Gasteiger partial charge on any atom is 3.00 e. The molecule has 0 aliphatic carbocycles. The molecule has 0 spiro atoms. The van der Waals surface area contributed by atoms with E-state index in [9.17, 15) is 4.79 Å². The number of nitrogens with one attached hydrogen (secondary N) is 1. The number of pyridine rings is 1. The van der Waals surface area contributed by atoms with Crippen LogP contribution in [-0.4, -0.2) is 17.3 Å². The van der Waals surface area contributed by atoms with Gasteiger partial charge in [-0.1, -0.05) is 6.20 Å². The van der Waals surface area contributed by atoms with E-state index in [1.807, 2.05) is 6.07 Å². The maximum absolute atomic E-state index is 11.2. The Kier molecular flexibility index (Phi) is 3.35. The molecule has 0 amide bonds. The second kappa shape index (κ2) is 4.10. The van der Waals surface area contributed by atoms with Crippen LogP contribution in [-0.2, 0) is 32.7 Å². The van der Waals surface area contributed by atoms with Crippen molar-refractivity contribution in [3.63, 3.8) is 0 Å². The number of fused-ring (bicyclic) bond motifs is 1. The van der Waals surface area contributed by atoms with Crippen molar-refractivity contribution in [2.24, 2.45) is 0 Å². The summed E-state index contributed by atoms with van der Waals surface area (Å²) in [5.41, 5.74) is 1.36. The molecule has 0 saturated carbocycles. The largest absolute Gasteiger partial charge is 3.00 e. The van der Waals surface area contributed by atoms with Crippen molar-refractivity contribution in [2.45, 2.75) is 6.42 Å². The monoisotopic (exact) mass is 236 g/mol. The standard InChI is InChI=1S/C8H7N2O.Y/c11-7-3-5-9-6-2-1-4-10-8(6)7;/h1-2,9H,3,5H2;/q-1;+3. The van der Waals surface area contributed by atoms with E-state index in [0.29, 0.717) is 12.1 Å². The zero-order valence-corrected chi connectivity index (χ0v) is 9.34. The molecule has 1 aliphatic heterocycles. The van der Waals surface area contributed by atoms with E-state index in [0.717, 1.165) is 12.2 Å². The van der Waals surface area contributed by atoms with Gasteiger partial charge in [0.05, 0.1) is 0 Å². The van der Waals surface area contributed by atoms with Crippen LogP contribution >= 0.6 is 0 Å². The average molecular weight is 236 g/mol. The molecular formula is C8H7N2OY+2. The molecule has 0 fully saturated rings. The summed E-state index contributed by atoms with van der Waals surface area (Å²) < 4.78 is 0. The van der Waals surface area contributed by atoms with Gasteiger partial charge in [-0.05, 0) is 5.69 Å². The number of nitrogens with zero attached hydrogens (tertiary/aromatic N) is 1. The Balaban J connectivity index is 0.000000720. The van der Waals surface area contributed by atoms with Gasteiger partial charge in [-0.2, -0.15) is 6.07 Å². The van der Waals surface area contributed by atoms with Gasteiger partial charge in [0.25, 0.3) is 0 Å². The molecule has 1 aromatic heterocycles. The van der Waals surface area contributed by atoms with Crippen LogP contribution in [0.15, 0.2) is 12.1 Å². The number of hydrogen-bond donors (Lipinski definition) is 1. The first-order chi connectivity index (χ1) is 5.38. The summed E-state index contributed by atoms with van der Waals surface area (Å²) in [4.78, 5) is 15.0.